The van der Waals surface area contributed by atoms with Gasteiger partial charge in [0.2, 0.25) is 5.91 Å². The number of nitrogens with zero attached hydrogens (tertiary/aromatic N) is 3. The van der Waals surface area contributed by atoms with Crippen molar-refractivity contribution >= 4 is 5.91 Å². The van der Waals surface area contributed by atoms with Crippen LogP contribution in [0.3, 0.4) is 0 Å². The summed E-state index contributed by atoms with van der Waals surface area (Å²) in [5, 5.41) is 10.6. The molecule has 18 heavy (non-hydrogen) atoms. The number of aromatic nitrogens is 2. The third-order valence-corrected chi connectivity index (χ3v) is 2.27. The van der Waals surface area contributed by atoms with Crippen molar-refractivity contribution in [3.63, 3.8) is 0 Å². The molecule has 0 bridgehead atoms. The first kappa shape index (κ1) is 13.7. The van der Waals surface area contributed by atoms with Gasteiger partial charge in [0.15, 0.2) is 0 Å². The topological polar surface area (TPSA) is 96.9 Å². The fourth-order valence-electron chi connectivity index (χ4n) is 1.45. The van der Waals surface area contributed by atoms with Gasteiger partial charge in [-0.2, -0.15) is 5.26 Å². The molecule has 1 heterocycles. The van der Waals surface area contributed by atoms with Crippen molar-refractivity contribution in [3.05, 3.63) is 33.1 Å². The fraction of sp³-hybridized carbons (Fsp3) is 0.455. The van der Waals surface area contributed by atoms with Crippen LogP contribution in [0, 0.1) is 11.3 Å². The van der Waals surface area contributed by atoms with Crippen LogP contribution in [-0.2, 0) is 17.9 Å². The molecule has 0 aliphatic carbocycles. The van der Waals surface area contributed by atoms with E-state index in [0.29, 0.717) is 6.54 Å². The Bertz CT molecular complexity index is 579. The lowest BCUT2D eigenvalue weighted by Gasteiger charge is -2.08. The highest BCUT2D eigenvalue weighted by Crippen LogP contribution is 1.84. The number of carbonyl (C=O) groups excluding carboxylic acids is 1. The standard InChI is InChI=1S/C11H14N4O3/c1-2-6-14-7-3-10(17)15(11(14)18)8-9(16)13-5-4-12/h3,7H,2,5-6,8H2,1H3,(H,13,16). The van der Waals surface area contributed by atoms with Gasteiger partial charge in [0.05, 0.1) is 6.07 Å². The Morgan fingerprint density at radius 1 is 1.50 bits per heavy atom. The summed E-state index contributed by atoms with van der Waals surface area (Å²) in [7, 11) is 0. The molecule has 0 unspecified atom stereocenters. The Morgan fingerprint density at radius 3 is 2.83 bits per heavy atom. The number of nitrogens with one attached hydrogen (secondary N) is 1. The minimum atomic E-state index is -0.537. The van der Waals surface area contributed by atoms with Crippen molar-refractivity contribution in [1.29, 1.82) is 5.26 Å². The molecule has 0 radical (unpaired) electrons. The number of hydrogen-bond donors (Lipinski definition) is 1. The van der Waals surface area contributed by atoms with Crippen LogP contribution in [0.4, 0.5) is 0 Å². The van der Waals surface area contributed by atoms with E-state index in [1.807, 2.05) is 6.92 Å². The number of rotatable bonds is 5. The summed E-state index contributed by atoms with van der Waals surface area (Å²) < 4.78 is 2.22. The molecule has 0 aliphatic rings. The van der Waals surface area contributed by atoms with Gasteiger partial charge in [0.25, 0.3) is 5.56 Å². The summed E-state index contributed by atoms with van der Waals surface area (Å²) in [6.45, 7) is 1.87. The van der Waals surface area contributed by atoms with Crippen LogP contribution in [0.25, 0.3) is 0 Å². The van der Waals surface area contributed by atoms with Crippen molar-refractivity contribution < 1.29 is 4.79 Å². The first-order valence-electron chi connectivity index (χ1n) is 5.54. The summed E-state index contributed by atoms with van der Waals surface area (Å²) >= 11 is 0. The lowest BCUT2D eigenvalue weighted by atomic mass is 10.4. The van der Waals surface area contributed by atoms with E-state index in [4.69, 9.17) is 5.26 Å². The van der Waals surface area contributed by atoms with Gasteiger partial charge in [-0.3, -0.25) is 14.2 Å². The lowest BCUT2D eigenvalue weighted by molar-refractivity contribution is -0.121. The zero-order valence-electron chi connectivity index (χ0n) is 10.0. The minimum absolute atomic E-state index is 0.149. The maximum atomic E-state index is 11.9. The Kier molecular flexibility index (Phi) is 4.87. The maximum absolute atomic E-state index is 11.9. The van der Waals surface area contributed by atoms with Crippen molar-refractivity contribution in [3.8, 4) is 6.07 Å². The summed E-state index contributed by atoms with van der Waals surface area (Å²) in [6, 6.07) is 2.99. The van der Waals surface area contributed by atoms with Gasteiger partial charge in [-0.15, -0.1) is 0 Å². The van der Waals surface area contributed by atoms with Crippen LogP contribution >= 0.6 is 0 Å². The molecule has 0 atom stereocenters. The van der Waals surface area contributed by atoms with Crippen molar-refractivity contribution in [2.45, 2.75) is 26.4 Å². The third kappa shape index (κ3) is 3.31. The molecule has 7 nitrogen and oxygen atoms in total. The normalized spacial score (nSPS) is 9.78. The zero-order valence-corrected chi connectivity index (χ0v) is 10.0. The molecular formula is C11H14N4O3. The van der Waals surface area contributed by atoms with Gasteiger partial charge in [0, 0.05) is 18.8 Å². The minimum Gasteiger partial charge on any atom is -0.341 e. The predicted molar refractivity (Wildman–Crippen MR) is 63.9 cm³/mol. The first-order valence-corrected chi connectivity index (χ1v) is 5.54. The maximum Gasteiger partial charge on any atom is 0.331 e. The molecular weight excluding hydrogens is 236 g/mol. The van der Waals surface area contributed by atoms with Crippen LogP contribution in [-0.4, -0.2) is 21.6 Å². The summed E-state index contributed by atoms with van der Waals surface area (Å²) in [5.41, 5.74) is -1.05. The van der Waals surface area contributed by atoms with Crippen LogP contribution < -0.4 is 16.6 Å². The SMILES string of the molecule is CCCn1ccc(=O)n(CC(=O)NCC#N)c1=O. The molecule has 0 saturated heterocycles. The fourth-order valence-corrected chi connectivity index (χ4v) is 1.45. The third-order valence-electron chi connectivity index (χ3n) is 2.27. The summed E-state index contributed by atoms with van der Waals surface area (Å²) in [5.74, 6) is -0.537. The summed E-state index contributed by atoms with van der Waals surface area (Å²) in [4.78, 5) is 34.8. The number of nitriles is 1. The Labute approximate surface area is 103 Å². The van der Waals surface area contributed by atoms with Crippen LogP contribution in [0.5, 0.6) is 0 Å². The van der Waals surface area contributed by atoms with E-state index in [0.717, 1.165) is 11.0 Å². The van der Waals surface area contributed by atoms with E-state index in [-0.39, 0.29) is 13.1 Å². The Hall–Kier alpha value is -2.36. The molecule has 96 valence electrons. The molecule has 0 saturated carbocycles. The van der Waals surface area contributed by atoms with Gasteiger partial charge >= 0.3 is 5.69 Å². The van der Waals surface area contributed by atoms with E-state index in [2.05, 4.69) is 5.32 Å². The number of hydrogen-bond acceptors (Lipinski definition) is 4. The Morgan fingerprint density at radius 2 is 2.22 bits per heavy atom. The Balaban J connectivity index is 2.98. The van der Waals surface area contributed by atoms with E-state index in [1.54, 1.807) is 6.07 Å². The summed E-state index contributed by atoms with van der Waals surface area (Å²) in [6.07, 6.45) is 2.16. The van der Waals surface area contributed by atoms with Gasteiger partial charge < -0.3 is 9.88 Å². The van der Waals surface area contributed by atoms with E-state index in [1.165, 1.54) is 16.8 Å². The van der Waals surface area contributed by atoms with Gasteiger partial charge in [-0.25, -0.2) is 4.79 Å². The molecule has 1 rings (SSSR count). The molecule has 0 aliphatic heterocycles. The van der Waals surface area contributed by atoms with Crippen LogP contribution in [0.1, 0.15) is 13.3 Å². The van der Waals surface area contributed by atoms with Gasteiger partial charge in [-0.1, -0.05) is 6.92 Å². The number of aryl methyl sites for hydroxylation is 1. The largest absolute Gasteiger partial charge is 0.341 e. The van der Waals surface area contributed by atoms with Crippen molar-refractivity contribution in [2.24, 2.45) is 0 Å². The predicted octanol–water partition coefficient (Wildman–Crippen LogP) is -0.940. The molecule has 0 spiro atoms. The molecule has 0 fully saturated rings. The average Bonchev–Trinajstić information content (AvgIpc) is 2.35. The molecule has 1 aromatic heterocycles. The molecule has 7 heteroatoms. The highest BCUT2D eigenvalue weighted by molar-refractivity contribution is 5.75. The quantitative estimate of drug-likeness (QED) is 0.682. The first-order chi connectivity index (χ1) is 8.60. The second-order valence-corrected chi connectivity index (χ2v) is 3.65. The van der Waals surface area contributed by atoms with Crippen LogP contribution in [0.2, 0.25) is 0 Å². The van der Waals surface area contributed by atoms with E-state index < -0.39 is 17.2 Å². The smallest absolute Gasteiger partial charge is 0.331 e. The zero-order chi connectivity index (χ0) is 13.5. The average molecular weight is 250 g/mol. The van der Waals surface area contributed by atoms with E-state index >= 15 is 0 Å². The van der Waals surface area contributed by atoms with Crippen LogP contribution in [0.15, 0.2) is 21.9 Å². The second-order valence-electron chi connectivity index (χ2n) is 3.65. The van der Waals surface area contributed by atoms with Crippen molar-refractivity contribution in [1.82, 2.24) is 14.5 Å². The lowest BCUT2D eigenvalue weighted by Crippen LogP contribution is -2.43. The second kappa shape index (κ2) is 6.39. The molecule has 0 aromatic carbocycles. The van der Waals surface area contributed by atoms with Gasteiger partial charge in [-0.05, 0) is 6.42 Å². The number of amides is 1. The number of carbonyl (C=O) groups is 1. The van der Waals surface area contributed by atoms with E-state index in [9.17, 15) is 14.4 Å². The highest BCUT2D eigenvalue weighted by Gasteiger charge is 2.08. The van der Waals surface area contributed by atoms with Gasteiger partial charge in [0.1, 0.15) is 13.1 Å². The monoisotopic (exact) mass is 250 g/mol. The molecule has 1 N–H and O–H groups in total. The van der Waals surface area contributed by atoms with Crippen molar-refractivity contribution in [2.75, 3.05) is 6.54 Å². The molecule has 1 amide bonds. The molecule has 1 aromatic rings. The highest BCUT2D eigenvalue weighted by atomic mass is 16.2.